The lowest BCUT2D eigenvalue weighted by Crippen LogP contribution is -2.26. The second-order valence-corrected chi connectivity index (χ2v) is 6.30. The van der Waals surface area contributed by atoms with Gasteiger partial charge in [0.05, 0.1) is 5.71 Å². The number of nitrogens with one attached hydrogen (secondary N) is 1. The lowest BCUT2D eigenvalue weighted by molar-refractivity contribution is -0.123. The Morgan fingerprint density at radius 3 is 2.52 bits per heavy atom. The van der Waals surface area contributed by atoms with Crippen molar-refractivity contribution in [2.24, 2.45) is 5.10 Å². The number of hydrogen-bond acceptors (Lipinski definition) is 3. The van der Waals surface area contributed by atoms with E-state index in [0.717, 1.165) is 34.6 Å². The molecule has 2 aromatic carbocycles. The maximum Gasteiger partial charge on any atom is 0.277 e. The third kappa shape index (κ3) is 5.45. The number of ether oxygens (including phenoxy) is 1. The lowest BCUT2D eigenvalue weighted by atomic mass is 10.0. The van der Waals surface area contributed by atoms with Gasteiger partial charge < -0.3 is 4.74 Å². The smallest absolute Gasteiger partial charge is 0.277 e. The van der Waals surface area contributed by atoms with Gasteiger partial charge in [-0.25, -0.2) is 5.43 Å². The molecule has 2 aromatic rings. The van der Waals surface area contributed by atoms with Crippen molar-refractivity contribution in [3.63, 3.8) is 0 Å². The molecule has 0 aromatic heterocycles. The average molecular weight is 338 g/mol. The predicted octanol–water partition coefficient (Wildman–Crippen LogP) is 4.43. The molecule has 0 saturated heterocycles. The van der Waals surface area contributed by atoms with Gasteiger partial charge in [0.25, 0.3) is 5.91 Å². The van der Waals surface area contributed by atoms with Gasteiger partial charge >= 0.3 is 0 Å². The molecule has 0 atom stereocenters. The van der Waals surface area contributed by atoms with E-state index in [1.807, 2.05) is 50.2 Å². The van der Waals surface area contributed by atoms with Gasteiger partial charge in [0, 0.05) is 0 Å². The highest BCUT2D eigenvalue weighted by molar-refractivity contribution is 6.00. The molecule has 25 heavy (non-hydrogen) atoms. The van der Waals surface area contributed by atoms with Gasteiger partial charge in [-0.1, -0.05) is 63.2 Å². The quantitative estimate of drug-likeness (QED) is 0.600. The fourth-order valence-corrected chi connectivity index (χ4v) is 2.53. The summed E-state index contributed by atoms with van der Waals surface area (Å²) in [6, 6.07) is 15.9. The number of aryl methyl sites for hydroxylation is 1. The van der Waals surface area contributed by atoms with Crippen LogP contribution in [0.2, 0.25) is 0 Å². The third-order valence-electron chi connectivity index (χ3n) is 3.91. The first-order valence-electron chi connectivity index (χ1n) is 8.65. The molecule has 0 radical (unpaired) electrons. The van der Waals surface area contributed by atoms with Gasteiger partial charge in [-0.2, -0.15) is 5.10 Å². The largest absolute Gasteiger partial charge is 0.483 e. The van der Waals surface area contributed by atoms with Crippen LogP contribution in [0.25, 0.3) is 0 Å². The van der Waals surface area contributed by atoms with Crippen LogP contribution in [0.4, 0.5) is 0 Å². The predicted molar refractivity (Wildman–Crippen MR) is 102 cm³/mol. The molecule has 1 amide bonds. The number of hydrogen-bond donors (Lipinski definition) is 1. The molecule has 4 nitrogen and oxygen atoms in total. The first kappa shape index (κ1) is 18.7. The number of carbonyl (C=O) groups excluding carboxylic acids is 1. The van der Waals surface area contributed by atoms with Crippen LogP contribution in [-0.4, -0.2) is 18.2 Å². The minimum atomic E-state index is -0.266. The third-order valence-corrected chi connectivity index (χ3v) is 3.91. The Balaban J connectivity index is 1.99. The van der Waals surface area contributed by atoms with Crippen LogP contribution in [0.15, 0.2) is 53.6 Å². The summed E-state index contributed by atoms with van der Waals surface area (Å²) in [5.41, 5.74) is 6.64. The molecular formula is C21H26N2O2. The monoisotopic (exact) mass is 338 g/mol. The highest BCUT2D eigenvalue weighted by Crippen LogP contribution is 2.27. The number of hydrazone groups is 1. The van der Waals surface area contributed by atoms with Gasteiger partial charge in [-0.15, -0.1) is 0 Å². The number of nitrogens with zero attached hydrogens (tertiary/aromatic N) is 1. The fraction of sp³-hybridized carbons (Fsp3) is 0.333. The van der Waals surface area contributed by atoms with Crippen LogP contribution in [0.1, 0.15) is 49.8 Å². The second kappa shape index (κ2) is 9.02. The highest BCUT2D eigenvalue weighted by Gasteiger charge is 2.10. The summed E-state index contributed by atoms with van der Waals surface area (Å²) in [5, 5.41) is 4.24. The van der Waals surface area contributed by atoms with Crippen LogP contribution >= 0.6 is 0 Å². The molecule has 4 heteroatoms. The van der Waals surface area contributed by atoms with Gasteiger partial charge in [0.15, 0.2) is 6.61 Å². The Hall–Kier alpha value is -2.62. The Kier molecular flexibility index (Phi) is 6.75. The van der Waals surface area contributed by atoms with Crippen molar-refractivity contribution in [3.8, 4) is 5.75 Å². The van der Waals surface area contributed by atoms with Gasteiger partial charge in [-0.05, 0) is 42.0 Å². The van der Waals surface area contributed by atoms with E-state index >= 15 is 0 Å². The Labute approximate surface area is 149 Å². The first-order chi connectivity index (χ1) is 12.0. The first-order valence-corrected chi connectivity index (χ1v) is 8.65. The molecule has 0 bridgehead atoms. The van der Waals surface area contributed by atoms with E-state index in [9.17, 15) is 4.79 Å². The summed E-state index contributed by atoms with van der Waals surface area (Å²) in [4.78, 5) is 12.1. The zero-order valence-electron chi connectivity index (χ0n) is 15.4. The van der Waals surface area contributed by atoms with Gasteiger partial charge in [0.1, 0.15) is 5.75 Å². The van der Waals surface area contributed by atoms with E-state index in [4.69, 9.17) is 4.74 Å². The molecule has 0 heterocycles. The Morgan fingerprint density at radius 1 is 1.16 bits per heavy atom. The molecule has 1 N–H and O–H groups in total. The zero-order valence-corrected chi connectivity index (χ0v) is 15.4. The van der Waals surface area contributed by atoms with Crippen LogP contribution in [0.5, 0.6) is 5.75 Å². The summed E-state index contributed by atoms with van der Waals surface area (Å²) in [7, 11) is 0. The van der Waals surface area contributed by atoms with Crippen molar-refractivity contribution in [1.29, 1.82) is 0 Å². The van der Waals surface area contributed by atoms with Crippen molar-refractivity contribution in [2.75, 3.05) is 6.61 Å². The molecule has 132 valence electrons. The van der Waals surface area contributed by atoms with Crippen molar-refractivity contribution in [1.82, 2.24) is 5.43 Å². The SMILES string of the molecule is CC/C(=N\NC(=O)COc1cc(C)ccc1C(C)C)c1ccccc1. The highest BCUT2D eigenvalue weighted by atomic mass is 16.5. The number of amides is 1. The zero-order chi connectivity index (χ0) is 18.2. The summed E-state index contributed by atoms with van der Waals surface area (Å²) in [6.07, 6.45) is 0.737. The van der Waals surface area contributed by atoms with E-state index in [-0.39, 0.29) is 12.5 Å². The summed E-state index contributed by atoms with van der Waals surface area (Å²) in [6.45, 7) is 8.17. The van der Waals surface area contributed by atoms with Crippen molar-refractivity contribution < 1.29 is 9.53 Å². The molecule has 0 aliphatic heterocycles. The van der Waals surface area contributed by atoms with Crippen LogP contribution in [0.3, 0.4) is 0 Å². The Bertz CT molecular complexity index is 737. The number of rotatable bonds is 7. The lowest BCUT2D eigenvalue weighted by Gasteiger charge is -2.14. The van der Waals surface area contributed by atoms with E-state index in [0.29, 0.717) is 5.92 Å². The van der Waals surface area contributed by atoms with Crippen molar-refractivity contribution in [2.45, 2.75) is 40.0 Å². The maximum absolute atomic E-state index is 12.1. The van der Waals surface area contributed by atoms with Crippen LogP contribution in [0, 0.1) is 6.92 Å². The maximum atomic E-state index is 12.1. The summed E-state index contributed by atoms with van der Waals surface area (Å²) < 4.78 is 5.73. The van der Waals surface area contributed by atoms with Crippen molar-refractivity contribution in [3.05, 3.63) is 65.2 Å². The van der Waals surface area contributed by atoms with Crippen molar-refractivity contribution >= 4 is 11.6 Å². The van der Waals surface area contributed by atoms with Gasteiger partial charge in [-0.3, -0.25) is 4.79 Å². The second-order valence-electron chi connectivity index (χ2n) is 6.30. The van der Waals surface area contributed by atoms with E-state index in [2.05, 4.69) is 36.5 Å². The van der Waals surface area contributed by atoms with E-state index < -0.39 is 0 Å². The average Bonchev–Trinajstić information content (AvgIpc) is 2.61. The molecular weight excluding hydrogens is 312 g/mol. The van der Waals surface area contributed by atoms with E-state index in [1.165, 1.54) is 0 Å². The van der Waals surface area contributed by atoms with Crippen LogP contribution < -0.4 is 10.2 Å². The Morgan fingerprint density at radius 2 is 1.88 bits per heavy atom. The number of carbonyl (C=O) groups is 1. The minimum absolute atomic E-state index is 0.0571. The molecule has 0 aliphatic rings. The van der Waals surface area contributed by atoms with Gasteiger partial charge in [0.2, 0.25) is 0 Å². The van der Waals surface area contributed by atoms with E-state index in [1.54, 1.807) is 0 Å². The standard InChI is InChI=1S/C21H26N2O2/c1-5-19(17-9-7-6-8-10-17)22-23-21(24)14-25-20-13-16(4)11-12-18(20)15(2)3/h6-13,15H,5,14H2,1-4H3,(H,23,24)/b22-19+. The van der Waals surface area contributed by atoms with Crippen LogP contribution in [-0.2, 0) is 4.79 Å². The normalized spacial score (nSPS) is 11.5. The molecule has 0 fully saturated rings. The molecule has 0 saturated carbocycles. The summed E-state index contributed by atoms with van der Waals surface area (Å²) in [5.74, 6) is 0.826. The summed E-state index contributed by atoms with van der Waals surface area (Å²) >= 11 is 0. The molecule has 0 spiro atoms. The number of benzene rings is 2. The minimum Gasteiger partial charge on any atom is -0.483 e. The molecule has 0 aliphatic carbocycles. The molecule has 0 unspecified atom stereocenters. The molecule has 2 rings (SSSR count). The topological polar surface area (TPSA) is 50.7 Å². The fourth-order valence-electron chi connectivity index (χ4n) is 2.53.